The summed E-state index contributed by atoms with van der Waals surface area (Å²) in [4.78, 5) is 19.7. The zero-order chi connectivity index (χ0) is 14.7. The predicted molar refractivity (Wildman–Crippen MR) is 76.6 cm³/mol. The van der Waals surface area contributed by atoms with Crippen molar-refractivity contribution in [1.82, 2.24) is 9.97 Å². The van der Waals surface area contributed by atoms with Crippen LogP contribution in [0.4, 0.5) is 15.9 Å². The molecule has 1 amide bonds. The van der Waals surface area contributed by atoms with Crippen molar-refractivity contribution in [3.05, 3.63) is 46.1 Å². The van der Waals surface area contributed by atoms with Gasteiger partial charge in [-0.1, -0.05) is 0 Å². The molecule has 20 heavy (non-hydrogen) atoms. The van der Waals surface area contributed by atoms with Gasteiger partial charge in [-0.3, -0.25) is 4.79 Å². The van der Waals surface area contributed by atoms with E-state index in [9.17, 15) is 9.18 Å². The molecule has 0 saturated heterocycles. The lowest BCUT2D eigenvalue weighted by molar-refractivity contribution is 0.102. The summed E-state index contributed by atoms with van der Waals surface area (Å²) in [6.07, 6.45) is 2.60. The van der Waals surface area contributed by atoms with Crippen molar-refractivity contribution in [2.24, 2.45) is 5.84 Å². The molecular formula is C12H11BrFN5O. The largest absolute Gasteiger partial charge is 0.320 e. The van der Waals surface area contributed by atoms with Crippen LogP contribution in [0.2, 0.25) is 0 Å². The van der Waals surface area contributed by atoms with Gasteiger partial charge in [-0.15, -0.1) is 0 Å². The number of aromatic nitrogens is 2. The number of nitrogens with two attached hydrogens (primary N) is 1. The summed E-state index contributed by atoms with van der Waals surface area (Å²) in [5, 5.41) is 2.58. The van der Waals surface area contributed by atoms with Crippen molar-refractivity contribution in [2.45, 2.75) is 6.92 Å². The molecule has 0 spiro atoms. The van der Waals surface area contributed by atoms with E-state index in [-0.39, 0.29) is 5.69 Å². The van der Waals surface area contributed by atoms with Crippen molar-refractivity contribution < 1.29 is 9.18 Å². The van der Waals surface area contributed by atoms with Gasteiger partial charge in [0.1, 0.15) is 11.5 Å². The summed E-state index contributed by atoms with van der Waals surface area (Å²) >= 11 is 3.08. The zero-order valence-corrected chi connectivity index (χ0v) is 12.0. The first-order chi connectivity index (χ1) is 9.51. The number of amides is 1. The van der Waals surface area contributed by atoms with Crippen LogP contribution in [-0.4, -0.2) is 15.9 Å². The molecule has 4 N–H and O–H groups in total. The maximum absolute atomic E-state index is 13.5. The van der Waals surface area contributed by atoms with E-state index in [1.54, 1.807) is 13.0 Å². The second-order valence-electron chi connectivity index (χ2n) is 3.97. The number of hydrazine groups is 1. The van der Waals surface area contributed by atoms with E-state index in [1.807, 2.05) is 0 Å². The van der Waals surface area contributed by atoms with Crippen LogP contribution < -0.4 is 16.6 Å². The van der Waals surface area contributed by atoms with E-state index in [4.69, 9.17) is 5.84 Å². The molecule has 0 bridgehead atoms. The molecule has 6 nitrogen and oxygen atoms in total. The standard InChI is InChI=1S/C12H11BrFN5O/c1-6-2-7(13)8(14)3-9(6)18-12(20)10-4-17-11(19-15)5-16-10/h2-5H,15H2,1H3,(H,17,19)(H,18,20). The van der Waals surface area contributed by atoms with Crippen LogP contribution in [0.25, 0.3) is 0 Å². The summed E-state index contributed by atoms with van der Waals surface area (Å²) < 4.78 is 13.8. The Morgan fingerprint density at radius 3 is 2.70 bits per heavy atom. The van der Waals surface area contributed by atoms with Gasteiger partial charge in [0.25, 0.3) is 5.91 Å². The molecule has 0 radical (unpaired) electrons. The fourth-order valence-corrected chi connectivity index (χ4v) is 1.94. The third-order valence-electron chi connectivity index (χ3n) is 2.55. The van der Waals surface area contributed by atoms with E-state index in [2.05, 4.69) is 36.6 Å². The topological polar surface area (TPSA) is 92.9 Å². The number of carbonyl (C=O) groups excluding carboxylic acids is 1. The Morgan fingerprint density at radius 2 is 2.10 bits per heavy atom. The molecule has 1 heterocycles. The van der Waals surface area contributed by atoms with Crippen LogP contribution in [-0.2, 0) is 0 Å². The minimum Gasteiger partial charge on any atom is -0.320 e. The van der Waals surface area contributed by atoms with Crippen LogP contribution in [0.15, 0.2) is 29.0 Å². The van der Waals surface area contributed by atoms with E-state index >= 15 is 0 Å². The fourth-order valence-electron chi connectivity index (χ4n) is 1.49. The van der Waals surface area contributed by atoms with Gasteiger partial charge in [-0.25, -0.2) is 20.2 Å². The van der Waals surface area contributed by atoms with E-state index < -0.39 is 11.7 Å². The molecular weight excluding hydrogens is 329 g/mol. The molecule has 0 aliphatic carbocycles. The number of hydrogen-bond donors (Lipinski definition) is 3. The van der Waals surface area contributed by atoms with Gasteiger partial charge in [-0.2, -0.15) is 0 Å². The van der Waals surface area contributed by atoms with Gasteiger partial charge in [0.15, 0.2) is 5.82 Å². The number of carbonyl (C=O) groups is 1. The quantitative estimate of drug-likeness (QED) is 0.589. The van der Waals surface area contributed by atoms with Gasteiger partial charge >= 0.3 is 0 Å². The Balaban J connectivity index is 2.20. The van der Waals surface area contributed by atoms with Crippen LogP contribution >= 0.6 is 15.9 Å². The lowest BCUT2D eigenvalue weighted by Crippen LogP contribution is -2.16. The van der Waals surface area contributed by atoms with Gasteiger partial charge in [0.2, 0.25) is 0 Å². The Bertz CT molecular complexity index is 647. The molecule has 0 unspecified atom stereocenters. The van der Waals surface area contributed by atoms with E-state index in [1.165, 1.54) is 18.5 Å². The Hall–Kier alpha value is -2.06. The lowest BCUT2D eigenvalue weighted by atomic mass is 10.2. The first-order valence-electron chi connectivity index (χ1n) is 5.57. The summed E-state index contributed by atoms with van der Waals surface area (Å²) in [6, 6.07) is 2.82. The van der Waals surface area contributed by atoms with Gasteiger partial charge < -0.3 is 10.7 Å². The molecule has 2 rings (SSSR count). The van der Waals surface area contributed by atoms with Crippen molar-refractivity contribution in [1.29, 1.82) is 0 Å². The average molecular weight is 340 g/mol. The minimum atomic E-state index is -0.481. The highest BCUT2D eigenvalue weighted by atomic mass is 79.9. The molecule has 1 aromatic carbocycles. The maximum atomic E-state index is 13.5. The SMILES string of the molecule is Cc1cc(Br)c(F)cc1NC(=O)c1cnc(NN)cn1. The summed E-state index contributed by atoms with van der Waals surface area (Å²) in [6.45, 7) is 1.76. The predicted octanol–water partition coefficient (Wildman–Crippen LogP) is 2.22. The Morgan fingerprint density at radius 1 is 1.35 bits per heavy atom. The number of rotatable bonds is 3. The highest BCUT2D eigenvalue weighted by Crippen LogP contribution is 2.24. The molecule has 2 aromatic rings. The van der Waals surface area contributed by atoms with Crippen molar-refractivity contribution in [2.75, 3.05) is 10.7 Å². The van der Waals surface area contributed by atoms with Crippen molar-refractivity contribution in [3.8, 4) is 0 Å². The van der Waals surface area contributed by atoms with Crippen LogP contribution in [0, 0.1) is 12.7 Å². The number of anilines is 2. The highest BCUT2D eigenvalue weighted by molar-refractivity contribution is 9.10. The third-order valence-corrected chi connectivity index (χ3v) is 3.16. The first kappa shape index (κ1) is 14.4. The molecule has 104 valence electrons. The summed E-state index contributed by atoms with van der Waals surface area (Å²) in [5.74, 6) is 4.55. The van der Waals surface area contributed by atoms with Crippen molar-refractivity contribution >= 4 is 33.3 Å². The number of nitrogens with zero attached hydrogens (tertiary/aromatic N) is 2. The van der Waals surface area contributed by atoms with Gasteiger partial charge in [0.05, 0.1) is 16.9 Å². The highest BCUT2D eigenvalue weighted by Gasteiger charge is 2.12. The Labute approximate surface area is 122 Å². The number of aryl methyl sites for hydroxylation is 1. The molecule has 8 heteroatoms. The first-order valence-corrected chi connectivity index (χ1v) is 6.36. The molecule has 0 fully saturated rings. The zero-order valence-electron chi connectivity index (χ0n) is 10.4. The number of hydrogen-bond acceptors (Lipinski definition) is 5. The molecule has 0 aliphatic heterocycles. The molecule has 1 aromatic heterocycles. The molecule has 0 aliphatic rings. The smallest absolute Gasteiger partial charge is 0.275 e. The van der Waals surface area contributed by atoms with Crippen LogP contribution in [0.5, 0.6) is 0 Å². The summed E-state index contributed by atoms with van der Waals surface area (Å²) in [5.41, 5.74) is 3.50. The van der Waals surface area contributed by atoms with E-state index in [0.717, 1.165) is 5.56 Å². The molecule has 0 atom stereocenters. The number of nitrogen functional groups attached to an aromatic ring is 1. The average Bonchev–Trinajstić information content (AvgIpc) is 2.44. The Kier molecular flexibility index (Phi) is 4.26. The number of halogens is 2. The normalized spacial score (nSPS) is 10.2. The van der Waals surface area contributed by atoms with Crippen molar-refractivity contribution in [3.63, 3.8) is 0 Å². The summed E-state index contributed by atoms with van der Waals surface area (Å²) in [7, 11) is 0. The second kappa shape index (κ2) is 5.93. The van der Waals surface area contributed by atoms with Crippen LogP contribution in [0.1, 0.15) is 16.1 Å². The minimum absolute atomic E-state index is 0.103. The fraction of sp³-hybridized carbons (Fsp3) is 0.0833. The monoisotopic (exact) mass is 339 g/mol. The number of benzene rings is 1. The van der Waals surface area contributed by atoms with Crippen LogP contribution in [0.3, 0.4) is 0 Å². The third kappa shape index (κ3) is 3.09. The lowest BCUT2D eigenvalue weighted by Gasteiger charge is -2.09. The maximum Gasteiger partial charge on any atom is 0.275 e. The molecule has 0 saturated carbocycles. The van der Waals surface area contributed by atoms with Gasteiger partial charge in [0, 0.05) is 5.69 Å². The van der Waals surface area contributed by atoms with Gasteiger partial charge in [-0.05, 0) is 40.5 Å². The second-order valence-corrected chi connectivity index (χ2v) is 4.82. The van der Waals surface area contributed by atoms with E-state index in [0.29, 0.717) is 16.0 Å². The number of nitrogens with one attached hydrogen (secondary N) is 2.